The van der Waals surface area contributed by atoms with Crippen molar-refractivity contribution in [3.8, 4) is 11.3 Å². The fourth-order valence-electron chi connectivity index (χ4n) is 3.13. The number of nitrogens with zero attached hydrogens (tertiary/aromatic N) is 3. The van der Waals surface area contributed by atoms with Crippen molar-refractivity contribution < 1.29 is 4.79 Å². The molecule has 0 saturated heterocycles. The maximum atomic E-state index is 12.0. The monoisotopic (exact) mass is 298 g/mol. The van der Waals surface area contributed by atoms with Crippen molar-refractivity contribution in [2.45, 2.75) is 38.6 Å². The maximum Gasteiger partial charge on any atom is 0.220 e. The summed E-state index contributed by atoms with van der Waals surface area (Å²) in [5.41, 5.74) is 3.05. The van der Waals surface area contributed by atoms with E-state index in [1.165, 1.54) is 25.7 Å². The van der Waals surface area contributed by atoms with E-state index in [9.17, 15) is 4.79 Å². The Bertz CT molecular complexity index is 644. The molecule has 1 amide bonds. The molecular weight excluding hydrogens is 276 g/mol. The van der Waals surface area contributed by atoms with Crippen LogP contribution in [-0.4, -0.2) is 20.7 Å². The lowest BCUT2D eigenvalue weighted by Crippen LogP contribution is -2.24. The first kappa shape index (κ1) is 14.8. The largest absolute Gasteiger partial charge is 0.352 e. The van der Waals surface area contributed by atoms with Crippen LogP contribution in [0.5, 0.6) is 0 Å². The van der Waals surface area contributed by atoms with E-state index in [1.807, 2.05) is 24.0 Å². The Morgan fingerprint density at radius 3 is 2.91 bits per heavy atom. The molecule has 116 valence electrons. The number of hydrogen-bond donors (Lipinski definition) is 1. The lowest BCUT2D eigenvalue weighted by molar-refractivity contribution is -0.122. The van der Waals surface area contributed by atoms with Gasteiger partial charge in [-0.3, -0.25) is 14.5 Å². The van der Waals surface area contributed by atoms with Gasteiger partial charge in [0.1, 0.15) is 0 Å². The van der Waals surface area contributed by atoms with Gasteiger partial charge < -0.3 is 5.32 Å². The van der Waals surface area contributed by atoms with Crippen molar-refractivity contribution in [1.29, 1.82) is 0 Å². The third-order valence-corrected chi connectivity index (χ3v) is 4.35. The molecule has 2 aromatic rings. The van der Waals surface area contributed by atoms with Crippen LogP contribution in [0.4, 0.5) is 0 Å². The van der Waals surface area contributed by atoms with E-state index < -0.39 is 0 Å². The van der Waals surface area contributed by atoms with Crippen LogP contribution in [0.1, 0.15) is 37.7 Å². The van der Waals surface area contributed by atoms with E-state index in [0.29, 0.717) is 18.9 Å². The number of carbonyl (C=O) groups excluding carboxylic acids is 1. The third-order valence-electron chi connectivity index (χ3n) is 4.35. The highest BCUT2D eigenvalue weighted by Crippen LogP contribution is 2.27. The smallest absolute Gasteiger partial charge is 0.220 e. The van der Waals surface area contributed by atoms with Crippen LogP contribution in [0.15, 0.2) is 30.7 Å². The fraction of sp³-hybridized carbons (Fsp3) is 0.471. The molecule has 0 aliphatic heterocycles. The van der Waals surface area contributed by atoms with Gasteiger partial charge in [-0.05, 0) is 36.5 Å². The van der Waals surface area contributed by atoms with Gasteiger partial charge in [0.15, 0.2) is 0 Å². The van der Waals surface area contributed by atoms with Crippen LogP contribution in [-0.2, 0) is 18.4 Å². The highest BCUT2D eigenvalue weighted by Gasteiger charge is 2.18. The second-order valence-corrected chi connectivity index (χ2v) is 6.05. The second kappa shape index (κ2) is 6.73. The average Bonchev–Trinajstić information content (AvgIpc) is 3.17. The topological polar surface area (TPSA) is 59.8 Å². The first-order chi connectivity index (χ1) is 10.7. The van der Waals surface area contributed by atoms with Gasteiger partial charge in [0.25, 0.3) is 0 Å². The molecule has 1 fully saturated rings. The lowest BCUT2D eigenvalue weighted by atomic mass is 10.0. The molecule has 5 nitrogen and oxygen atoms in total. The quantitative estimate of drug-likeness (QED) is 0.923. The van der Waals surface area contributed by atoms with Gasteiger partial charge in [-0.2, -0.15) is 5.10 Å². The molecule has 22 heavy (non-hydrogen) atoms. The zero-order valence-electron chi connectivity index (χ0n) is 13.0. The van der Waals surface area contributed by atoms with Crippen molar-refractivity contribution in [1.82, 2.24) is 20.1 Å². The molecule has 0 unspecified atom stereocenters. The zero-order chi connectivity index (χ0) is 15.4. The summed E-state index contributed by atoms with van der Waals surface area (Å²) in [5.74, 6) is 0.733. The highest BCUT2D eigenvalue weighted by molar-refractivity contribution is 5.76. The summed E-state index contributed by atoms with van der Waals surface area (Å²) < 4.78 is 1.82. The molecule has 1 saturated carbocycles. The number of hydrogen-bond acceptors (Lipinski definition) is 3. The summed E-state index contributed by atoms with van der Waals surface area (Å²) in [6.45, 7) is 0.532. The van der Waals surface area contributed by atoms with E-state index in [4.69, 9.17) is 0 Å². The van der Waals surface area contributed by atoms with Crippen LogP contribution < -0.4 is 5.32 Å². The van der Waals surface area contributed by atoms with Crippen molar-refractivity contribution in [3.63, 3.8) is 0 Å². The Kier molecular flexibility index (Phi) is 4.51. The molecule has 0 spiro atoms. The summed E-state index contributed by atoms with van der Waals surface area (Å²) in [5, 5.41) is 7.18. The van der Waals surface area contributed by atoms with Gasteiger partial charge >= 0.3 is 0 Å². The van der Waals surface area contributed by atoms with Crippen LogP contribution >= 0.6 is 0 Å². The van der Waals surface area contributed by atoms with E-state index >= 15 is 0 Å². The second-order valence-electron chi connectivity index (χ2n) is 6.05. The van der Waals surface area contributed by atoms with Crippen LogP contribution in [0, 0.1) is 5.92 Å². The highest BCUT2D eigenvalue weighted by atomic mass is 16.1. The molecule has 3 rings (SSSR count). The number of aryl methyl sites for hydroxylation is 1. The van der Waals surface area contributed by atoms with Gasteiger partial charge in [-0.1, -0.05) is 12.8 Å². The minimum absolute atomic E-state index is 0.151. The molecule has 0 radical (unpaired) electrons. The predicted molar refractivity (Wildman–Crippen MR) is 84.9 cm³/mol. The molecule has 5 heteroatoms. The van der Waals surface area contributed by atoms with Crippen molar-refractivity contribution in [2.24, 2.45) is 13.0 Å². The number of carbonyl (C=O) groups is 1. The van der Waals surface area contributed by atoms with E-state index in [2.05, 4.69) is 21.5 Å². The Morgan fingerprint density at radius 1 is 1.36 bits per heavy atom. The summed E-state index contributed by atoms with van der Waals surface area (Å²) in [6, 6.07) is 4.01. The Balaban J connectivity index is 1.58. The summed E-state index contributed by atoms with van der Waals surface area (Å²) in [4.78, 5) is 16.3. The van der Waals surface area contributed by atoms with Gasteiger partial charge in [0.05, 0.1) is 5.69 Å². The van der Waals surface area contributed by atoms with E-state index in [-0.39, 0.29) is 5.91 Å². The number of aromatic nitrogens is 3. The SMILES string of the molecule is Cn1nccc1-c1cncc(CNC(=O)CC2CCCC2)c1. The fourth-order valence-corrected chi connectivity index (χ4v) is 3.13. The summed E-state index contributed by atoms with van der Waals surface area (Å²) >= 11 is 0. The molecule has 1 N–H and O–H groups in total. The molecule has 0 atom stereocenters. The summed E-state index contributed by atoms with van der Waals surface area (Å²) in [7, 11) is 1.91. The van der Waals surface area contributed by atoms with Crippen LogP contribution in [0.2, 0.25) is 0 Å². The predicted octanol–water partition coefficient (Wildman–Crippen LogP) is 2.68. The zero-order valence-corrected chi connectivity index (χ0v) is 13.0. The first-order valence-electron chi connectivity index (χ1n) is 7.91. The van der Waals surface area contributed by atoms with Crippen LogP contribution in [0.25, 0.3) is 11.3 Å². The lowest BCUT2D eigenvalue weighted by Gasteiger charge is -2.10. The van der Waals surface area contributed by atoms with Gasteiger partial charge in [-0.25, -0.2) is 0 Å². The third kappa shape index (κ3) is 3.53. The minimum Gasteiger partial charge on any atom is -0.352 e. The molecular formula is C17H22N4O. The number of amides is 1. The molecule has 0 aromatic carbocycles. The van der Waals surface area contributed by atoms with E-state index in [0.717, 1.165) is 16.8 Å². The van der Waals surface area contributed by atoms with Crippen molar-refractivity contribution in [2.75, 3.05) is 0 Å². The molecule has 2 heterocycles. The standard InChI is InChI=1S/C17H22N4O/c1-21-16(6-7-20-21)15-8-14(10-18-12-15)11-19-17(22)9-13-4-2-3-5-13/h6-8,10,12-13H,2-5,9,11H2,1H3,(H,19,22). The molecule has 2 aromatic heterocycles. The van der Waals surface area contributed by atoms with Gasteiger partial charge in [-0.15, -0.1) is 0 Å². The van der Waals surface area contributed by atoms with Gasteiger partial charge in [0, 0.05) is 44.2 Å². The Labute approximate surface area is 130 Å². The number of rotatable bonds is 5. The Morgan fingerprint density at radius 2 is 2.18 bits per heavy atom. The normalized spacial score (nSPS) is 15.1. The molecule has 0 bridgehead atoms. The van der Waals surface area contributed by atoms with Crippen molar-refractivity contribution >= 4 is 5.91 Å². The number of nitrogens with one attached hydrogen (secondary N) is 1. The van der Waals surface area contributed by atoms with E-state index in [1.54, 1.807) is 12.4 Å². The first-order valence-corrected chi connectivity index (χ1v) is 7.91. The minimum atomic E-state index is 0.151. The average molecular weight is 298 g/mol. The molecule has 1 aliphatic carbocycles. The molecule has 1 aliphatic rings. The van der Waals surface area contributed by atoms with Crippen LogP contribution in [0.3, 0.4) is 0 Å². The van der Waals surface area contributed by atoms with Gasteiger partial charge in [0.2, 0.25) is 5.91 Å². The number of pyridine rings is 1. The Hall–Kier alpha value is -2.17. The van der Waals surface area contributed by atoms with Crippen molar-refractivity contribution in [3.05, 3.63) is 36.3 Å². The maximum absolute atomic E-state index is 12.0. The summed E-state index contributed by atoms with van der Waals surface area (Å²) in [6.07, 6.45) is 11.0.